The van der Waals surface area contributed by atoms with Crippen LogP contribution in [0.2, 0.25) is 0 Å². The van der Waals surface area contributed by atoms with Gasteiger partial charge in [-0.2, -0.15) is 0 Å². The SMILES string of the molecule is c1ccc2c(c1)Oc1cc(Cn3c4ccccc4c4ccc5c6cccc7c8ccccc8n(c76)c5c43)cc3c1B2c1ccccc1O3. The molecule has 222 valence electrons. The molecule has 12 rings (SSSR count). The Morgan fingerprint density at radius 2 is 0.958 bits per heavy atom. The van der Waals surface area contributed by atoms with Crippen molar-refractivity contribution >= 4 is 83.0 Å². The van der Waals surface area contributed by atoms with Crippen molar-refractivity contribution in [2.45, 2.75) is 6.54 Å². The van der Waals surface area contributed by atoms with Gasteiger partial charge in [0, 0.05) is 49.8 Å². The number of fused-ring (bicyclic) bond motifs is 14. The summed E-state index contributed by atoms with van der Waals surface area (Å²) in [5, 5.41) is 7.68. The van der Waals surface area contributed by atoms with Crippen molar-refractivity contribution in [1.82, 2.24) is 8.97 Å². The van der Waals surface area contributed by atoms with Crippen LogP contribution in [-0.2, 0) is 6.54 Å². The number of ether oxygens (including phenoxy) is 2. The number of nitrogens with zero attached hydrogens (tertiary/aromatic N) is 2. The van der Waals surface area contributed by atoms with Gasteiger partial charge in [-0.3, -0.25) is 0 Å². The first-order chi connectivity index (χ1) is 23.8. The lowest BCUT2D eigenvalue weighted by Gasteiger charge is -2.33. The van der Waals surface area contributed by atoms with Crippen LogP contribution in [0.25, 0.3) is 59.9 Å². The molecule has 10 aromatic rings. The number of aromatic nitrogens is 2. The summed E-state index contributed by atoms with van der Waals surface area (Å²) >= 11 is 0. The van der Waals surface area contributed by atoms with E-state index in [1.807, 2.05) is 0 Å². The van der Waals surface area contributed by atoms with Gasteiger partial charge in [0.1, 0.15) is 23.0 Å². The third-order valence-electron chi connectivity index (χ3n) is 10.8. The molecule has 4 nitrogen and oxygen atoms in total. The molecule has 0 saturated heterocycles. The Morgan fingerprint density at radius 3 is 1.67 bits per heavy atom. The third kappa shape index (κ3) is 3.02. The van der Waals surface area contributed by atoms with E-state index in [0.717, 1.165) is 34.0 Å². The smallest absolute Gasteiger partial charge is 0.260 e. The summed E-state index contributed by atoms with van der Waals surface area (Å²) in [7, 11) is 0. The number of benzene rings is 7. The van der Waals surface area contributed by atoms with Crippen LogP contribution in [0.3, 0.4) is 0 Å². The van der Waals surface area contributed by atoms with Crippen LogP contribution >= 0.6 is 0 Å². The van der Waals surface area contributed by atoms with Gasteiger partial charge in [-0.05, 0) is 52.9 Å². The van der Waals surface area contributed by atoms with Gasteiger partial charge >= 0.3 is 0 Å². The number of hydrogen-bond acceptors (Lipinski definition) is 2. The van der Waals surface area contributed by atoms with Crippen LogP contribution in [0, 0.1) is 0 Å². The lowest BCUT2D eigenvalue weighted by molar-refractivity contribution is 0.463. The van der Waals surface area contributed by atoms with Gasteiger partial charge in [0.2, 0.25) is 0 Å². The average molecular weight is 612 g/mol. The minimum absolute atomic E-state index is 0.0680. The average Bonchev–Trinajstić information content (AvgIpc) is 3.77. The predicted molar refractivity (Wildman–Crippen MR) is 197 cm³/mol. The van der Waals surface area contributed by atoms with E-state index in [-0.39, 0.29) is 6.71 Å². The largest absolute Gasteiger partial charge is 0.458 e. The summed E-state index contributed by atoms with van der Waals surface area (Å²) in [6, 6.07) is 50.3. The maximum absolute atomic E-state index is 6.67. The molecule has 0 aliphatic carbocycles. The molecule has 0 amide bonds. The molecule has 0 atom stereocenters. The standard InChI is InChI=1S/C43H25BN2O2/c1-5-16-34-26(10-1)30-20-21-31-29-13-9-12-28-27-11-2-6-17-35(27)46(41(28)29)43(31)42(30)45(34)24-25-22-38-40-39(23-25)48-37-19-8-4-15-33(37)44(40)32-14-3-7-18-36(32)47-38/h1-23H,24H2. The van der Waals surface area contributed by atoms with Gasteiger partial charge < -0.3 is 18.4 Å². The fourth-order valence-electron chi connectivity index (χ4n) is 8.93. The summed E-state index contributed by atoms with van der Waals surface area (Å²) in [4.78, 5) is 0. The second kappa shape index (κ2) is 8.78. The van der Waals surface area contributed by atoms with Crippen molar-refractivity contribution in [3.05, 3.63) is 145 Å². The van der Waals surface area contributed by atoms with Gasteiger partial charge in [0.15, 0.2) is 0 Å². The third-order valence-corrected chi connectivity index (χ3v) is 10.8. The Labute approximate surface area is 275 Å². The van der Waals surface area contributed by atoms with E-state index in [1.54, 1.807) is 0 Å². The highest BCUT2D eigenvalue weighted by atomic mass is 16.5. The van der Waals surface area contributed by atoms with Crippen LogP contribution in [0.1, 0.15) is 5.56 Å². The minimum atomic E-state index is 0.0680. The molecule has 0 fully saturated rings. The highest BCUT2D eigenvalue weighted by Gasteiger charge is 2.40. The molecular weight excluding hydrogens is 587 g/mol. The second-order valence-electron chi connectivity index (χ2n) is 13.2. The number of rotatable bonds is 2. The van der Waals surface area contributed by atoms with Crippen molar-refractivity contribution in [2.75, 3.05) is 0 Å². The van der Waals surface area contributed by atoms with Crippen LogP contribution in [0.5, 0.6) is 23.0 Å². The van der Waals surface area contributed by atoms with E-state index in [0.29, 0.717) is 6.54 Å². The molecular formula is C43H25BN2O2. The molecule has 0 bridgehead atoms. The quantitative estimate of drug-likeness (QED) is 0.183. The molecule has 3 aromatic heterocycles. The molecule has 2 aliphatic rings. The molecule has 0 N–H and O–H groups in total. The summed E-state index contributed by atoms with van der Waals surface area (Å²) in [5.74, 6) is 3.56. The molecule has 7 aromatic carbocycles. The Balaban J connectivity index is 1.15. The van der Waals surface area contributed by atoms with Crippen molar-refractivity contribution in [3.63, 3.8) is 0 Å². The fraction of sp³-hybridized carbons (Fsp3) is 0.0233. The van der Waals surface area contributed by atoms with E-state index < -0.39 is 0 Å². The summed E-state index contributed by atoms with van der Waals surface area (Å²) in [6.45, 7) is 0.735. The molecule has 0 unspecified atom stereocenters. The molecule has 2 aliphatic heterocycles. The predicted octanol–water partition coefficient (Wildman–Crippen LogP) is 8.72. The van der Waals surface area contributed by atoms with Gasteiger partial charge in [0.25, 0.3) is 6.71 Å². The van der Waals surface area contributed by atoms with Crippen LogP contribution in [0.4, 0.5) is 0 Å². The first-order valence-corrected chi connectivity index (χ1v) is 16.6. The normalized spacial score (nSPS) is 13.4. The zero-order chi connectivity index (χ0) is 31.1. The van der Waals surface area contributed by atoms with E-state index in [2.05, 4.69) is 148 Å². The van der Waals surface area contributed by atoms with Crippen molar-refractivity contribution in [2.24, 2.45) is 0 Å². The molecule has 0 saturated carbocycles. The van der Waals surface area contributed by atoms with Gasteiger partial charge in [-0.1, -0.05) is 103 Å². The lowest BCUT2D eigenvalue weighted by atomic mass is 9.35. The Morgan fingerprint density at radius 1 is 0.438 bits per heavy atom. The van der Waals surface area contributed by atoms with E-state index in [9.17, 15) is 0 Å². The lowest BCUT2D eigenvalue weighted by Crippen LogP contribution is -2.57. The van der Waals surface area contributed by atoms with Crippen molar-refractivity contribution < 1.29 is 9.47 Å². The molecule has 0 radical (unpaired) electrons. The van der Waals surface area contributed by atoms with Crippen molar-refractivity contribution in [3.8, 4) is 23.0 Å². The highest BCUT2D eigenvalue weighted by molar-refractivity contribution is 6.98. The first kappa shape index (κ1) is 25.0. The van der Waals surface area contributed by atoms with Gasteiger partial charge in [-0.15, -0.1) is 0 Å². The van der Waals surface area contributed by atoms with Crippen LogP contribution < -0.4 is 25.9 Å². The maximum atomic E-state index is 6.67. The Bertz CT molecular complexity index is 2940. The van der Waals surface area contributed by atoms with E-state index >= 15 is 0 Å². The topological polar surface area (TPSA) is 27.8 Å². The van der Waals surface area contributed by atoms with Crippen LogP contribution in [0.15, 0.2) is 140 Å². The zero-order valence-corrected chi connectivity index (χ0v) is 25.8. The Hall–Kier alpha value is -6.20. The van der Waals surface area contributed by atoms with Gasteiger partial charge in [-0.25, -0.2) is 0 Å². The van der Waals surface area contributed by atoms with Crippen molar-refractivity contribution in [1.29, 1.82) is 0 Å². The van der Waals surface area contributed by atoms with Gasteiger partial charge in [0.05, 0.1) is 22.1 Å². The van der Waals surface area contributed by atoms with Crippen LogP contribution in [-0.4, -0.2) is 15.7 Å². The fourth-order valence-corrected chi connectivity index (χ4v) is 8.93. The molecule has 5 heteroatoms. The summed E-state index contributed by atoms with van der Waals surface area (Å²) in [6.07, 6.45) is 0. The number of hydrogen-bond donors (Lipinski definition) is 0. The monoisotopic (exact) mass is 612 g/mol. The maximum Gasteiger partial charge on any atom is 0.260 e. The highest BCUT2D eigenvalue weighted by Crippen LogP contribution is 2.44. The van der Waals surface area contributed by atoms with E-state index in [1.165, 1.54) is 70.8 Å². The molecule has 0 spiro atoms. The first-order valence-electron chi connectivity index (χ1n) is 16.6. The Kier molecular flexibility index (Phi) is 4.57. The summed E-state index contributed by atoms with van der Waals surface area (Å²) in [5.41, 5.74) is 10.9. The molecule has 48 heavy (non-hydrogen) atoms. The summed E-state index contributed by atoms with van der Waals surface area (Å²) < 4.78 is 18.4. The number of para-hydroxylation sites is 5. The van der Waals surface area contributed by atoms with E-state index in [4.69, 9.17) is 9.47 Å². The zero-order valence-electron chi connectivity index (χ0n) is 25.8. The second-order valence-corrected chi connectivity index (χ2v) is 13.2. The minimum Gasteiger partial charge on any atom is -0.458 e. The molecule has 5 heterocycles.